The molecule has 0 bridgehead atoms. The van der Waals surface area contributed by atoms with Crippen LogP contribution in [0.3, 0.4) is 0 Å². The van der Waals surface area contributed by atoms with Gasteiger partial charge in [-0.15, -0.1) is 0 Å². The predicted octanol–water partition coefficient (Wildman–Crippen LogP) is 1.60. The van der Waals surface area contributed by atoms with Crippen molar-refractivity contribution in [1.82, 2.24) is 20.3 Å². The van der Waals surface area contributed by atoms with Crippen LogP contribution < -0.4 is 15.8 Å². The topological polar surface area (TPSA) is 93.3 Å². The van der Waals surface area contributed by atoms with E-state index in [-0.39, 0.29) is 29.3 Å². The molecular formula is C17H23N5O3. The molecule has 1 atom stereocenters. The number of nitrogens with zero attached hydrogens (tertiary/aromatic N) is 4. The highest BCUT2D eigenvalue weighted by Crippen LogP contribution is 2.22. The van der Waals surface area contributed by atoms with Gasteiger partial charge in [0.25, 0.3) is 11.5 Å². The van der Waals surface area contributed by atoms with E-state index in [0.29, 0.717) is 6.54 Å². The maximum atomic E-state index is 12.1. The summed E-state index contributed by atoms with van der Waals surface area (Å²) < 4.78 is 6.37. The third-order valence-electron chi connectivity index (χ3n) is 4.38. The molecule has 1 saturated heterocycles. The van der Waals surface area contributed by atoms with Crippen molar-refractivity contribution in [1.29, 1.82) is 0 Å². The Morgan fingerprint density at radius 3 is 2.92 bits per heavy atom. The lowest BCUT2D eigenvalue weighted by molar-refractivity contribution is 0.0912. The first-order valence-corrected chi connectivity index (χ1v) is 8.61. The smallest absolute Gasteiger partial charge is 0.289 e. The number of anilines is 1. The highest BCUT2D eigenvalue weighted by molar-refractivity contribution is 5.91. The number of aromatic nitrogens is 3. The van der Waals surface area contributed by atoms with Gasteiger partial charge in [0.15, 0.2) is 0 Å². The van der Waals surface area contributed by atoms with Crippen LogP contribution in [0.5, 0.6) is 0 Å². The zero-order valence-corrected chi connectivity index (χ0v) is 14.5. The van der Waals surface area contributed by atoms with Crippen molar-refractivity contribution in [2.45, 2.75) is 45.2 Å². The van der Waals surface area contributed by atoms with Gasteiger partial charge in [0, 0.05) is 31.3 Å². The van der Waals surface area contributed by atoms with Crippen molar-refractivity contribution in [3.05, 3.63) is 40.5 Å². The van der Waals surface area contributed by atoms with Gasteiger partial charge in [-0.05, 0) is 39.2 Å². The summed E-state index contributed by atoms with van der Waals surface area (Å²) >= 11 is 0. The molecule has 3 heterocycles. The van der Waals surface area contributed by atoms with Crippen LogP contribution in [-0.2, 0) is 0 Å². The quantitative estimate of drug-likeness (QED) is 0.885. The Hall–Kier alpha value is -2.64. The zero-order valence-electron chi connectivity index (χ0n) is 14.5. The van der Waals surface area contributed by atoms with E-state index in [1.807, 2.05) is 13.8 Å². The molecule has 0 saturated carbocycles. The normalized spacial score (nSPS) is 17.7. The molecule has 1 aliphatic rings. The minimum atomic E-state index is -0.275. The van der Waals surface area contributed by atoms with Crippen molar-refractivity contribution < 1.29 is 9.32 Å². The average molecular weight is 345 g/mol. The number of piperidine rings is 1. The van der Waals surface area contributed by atoms with Gasteiger partial charge in [0.1, 0.15) is 5.82 Å². The van der Waals surface area contributed by atoms with E-state index >= 15 is 0 Å². The first-order valence-electron chi connectivity index (χ1n) is 8.61. The Morgan fingerprint density at radius 2 is 2.20 bits per heavy atom. The van der Waals surface area contributed by atoms with Crippen LogP contribution in [0.1, 0.15) is 49.7 Å². The van der Waals surface area contributed by atoms with Crippen LogP contribution in [0.15, 0.2) is 33.7 Å². The third-order valence-corrected chi connectivity index (χ3v) is 4.38. The number of nitrogens with one attached hydrogen (secondary N) is 1. The first kappa shape index (κ1) is 17.2. The molecule has 3 rings (SSSR count). The molecule has 1 fully saturated rings. The lowest BCUT2D eigenvalue weighted by atomic mass is 10.0. The number of rotatable bonds is 5. The molecule has 134 valence electrons. The number of carbonyl (C=O) groups is 1. The summed E-state index contributed by atoms with van der Waals surface area (Å²) in [5.41, 5.74) is -0.106. The third kappa shape index (κ3) is 3.89. The van der Waals surface area contributed by atoms with E-state index in [2.05, 4.69) is 20.5 Å². The van der Waals surface area contributed by atoms with E-state index in [9.17, 15) is 9.59 Å². The van der Waals surface area contributed by atoms with E-state index in [0.717, 1.165) is 31.6 Å². The Labute approximate surface area is 145 Å². The van der Waals surface area contributed by atoms with Crippen molar-refractivity contribution in [2.24, 2.45) is 0 Å². The Kier molecular flexibility index (Phi) is 5.16. The second-order valence-corrected chi connectivity index (χ2v) is 6.50. The molecule has 0 aromatic carbocycles. The van der Waals surface area contributed by atoms with Crippen molar-refractivity contribution in [3.63, 3.8) is 0 Å². The zero-order chi connectivity index (χ0) is 17.8. The first-order chi connectivity index (χ1) is 12.1. The molecule has 8 nitrogen and oxygen atoms in total. The van der Waals surface area contributed by atoms with E-state index < -0.39 is 0 Å². The molecule has 0 aliphatic carbocycles. The van der Waals surface area contributed by atoms with Gasteiger partial charge in [-0.3, -0.25) is 9.59 Å². The number of hydrogen-bond donors (Lipinski definition) is 1. The van der Waals surface area contributed by atoms with E-state index in [4.69, 9.17) is 4.52 Å². The second kappa shape index (κ2) is 7.50. The molecule has 2 aromatic heterocycles. The summed E-state index contributed by atoms with van der Waals surface area (Å²) in [4.78, 5) is 26.2. The van der Waals surface area contributed by atoms with Gasteiger partial charge in [0.05, 0.1) is 12.2 Å². The molecule has 8 heteroatoms. The summed E-state index contributed by atoms with van der Waals surface area (Å²) in [6.45, 7) is 5.21. The highest BCUT2D eigenvalue weighted by atomic mass is 16.5. The largest absolute Gasteiger partial charge is 0.351 e. The van der Waals surface area contributed by atoms with E-state index in [1.54, 1.807) is 12.1 Å². The molecule has 25 heavy (non-hydrogen) atoms. The number of hydrogen-bond acceptors (Lipinski definition) is 6. The molecule has 1 unspecified atom stereocenters. The molecule has 1 amide bonds. The molecule has 2 aromatic rings. The number of carbonyl (C=O) groups excluding carboxylic acids is 1. The number of amides is 1. The van der Waals surface area contributed by atoms with Crippen LogP contribution in [0, 0.1) is 0 Å². The van der Waals surface area contributed by atoms with Crippen molar-refractivity contribution in [2.75, 3.05) is 18.0 Å². The van der Waals surface area contributed by atoms with Crippen LogP contribution in [0.4, 0.5) is 5.82 Å². The van der Waals surface area contributed by atoms with Crippen molar-refractivity contribution >= 4 is 11.7 Å². The fraction of sp³-hybridized carbons (Fsp3) is 0.529. The molecule has 0 spiro atoms. The van der Waals surface area contributed by atoms with E-state index in [1.165, 1.54) is 16.9 Å². The SMILES string of the molecule is CC(C)n1nc(N2CCCCC2CNC(=O)c2ccno2)ccc1=O. The standard InChI is InChI=1S/C17H23N5O3/c1-12(2)22-16(23)7-6-15(20-22)21-10-4-3-5-13(21)11-18-17(24)14-8-9-19-25-14/h6-9,12-13H,3-5,10-11H2,1-2H3,(H,18,24). The summed E-state index contributed by atoms with van der Waals surface area (Å²) in [5.74, 6) is 0.698. The Bertz CT molecular complexity index is 769. The molecule has 0 radical (unpaired) electrons. The van der Waals surface area contributed by atoms with Crippen LogP contribution in [-0.4, -0.2) is 40.0 Å². The predicted molar refractivity (Wildman–Crippen MR) is 92.7 cm³/mol. The second-order valence-electron chi connectivity index (χ2n) is 6.50. The maximum absolute atomic E-state index is 12.1. The monoisotopic (exact) mass is 345 g/mol. The minimum Gasteiger partial charge on any atom is -0.351 e. The summed E-state index contributed by atoms with van der Waals surface area (Å²) in [5, 5.41) is 11.0. The van der Waals surface area contributed by atoms with Crippen molar-refractivity contribution in [3.8, 4) is 0 Å². The maximum Gasteiger partial charge on any atom is 0.289 e. The summed E-state index contributed by atoms with van der Waals surface area (Å²) in [6, 6.07) is 4.99. The van der Waals surface area contributed by atoms with Gasteiger partial charge in [-0.1, -0.05) is 5.16 Å². The van der Waals surface area contributed by atoms with Crippen LogP contribution in [0.2, 0.25) is 0 Å². The summed E-state index contributed by atoms with van der Waals surface area (Å²) in [6.07, 6.45) is 4.57. The Balaban J connectivity index is 1.74. The fourth-order valence-corrected chi connectivity index (χ4v) is 3.08. The van der Waals surface area contributed by atoms with Gasteiger partial charge in [0.2, 0.25) is 5.76 Å². The lowest BCUT2D eigenvalue weighted by Crippen LogP contribution is -2.47. The van der Waals surface area contributed by atoms with Gasteiger partial charge in [-0.2, -0.15) is 5.10 Å². The van der Waals surface area contributed by atoms with Crippen LogP contribution in [0.25, 0.3) is 0 Å². The van der Waals surface area contributed by atoms with Gasteiger partial charge in [-0.25, -0.2) is 4.68 Å². The van der Waals surface area contributed by atoms with Crippen LogP contribution >= 0.6 is 0 Å². The summed E-state index contributed by atoms with van der Waals surface area (Å²) in [7, 11) is 0. The van der Waals surface area contributed by atoms with Gasteiger partial charge >= 0.3 is 0 Å². The fourth-order valence-electron chi connectivity index (χ4n) is 3.08. The molecule has 1 aliphatic heterocycles. The molecular weight excluding hydrogens is 322 g/mol. The lowest BCUT2D eigenvalue weighted by Gasteiger charge is -2.36. The highest BCUT2D eigenvalue weighted by Gasteiger charge is 2.25. The Morgan fingerprint density at radius 1 is 1.36 bits per heavy atom. The average Bonchev–Trinajstić information content (AvgIpc) is 3.15. The minimum absolute atomic E-state index is 0.00171. The molecule has 1 N–H and O–H groups in total. The van der Waals surface area contributed by atoms with Gasteiger partial charge < -0.3 is 14.7 Å².